The van der Waals surface area contributed by atoms with Crippen LogP contribution in [0, 0.1) is 12.3 Å². The summed E-state index contributed by atoms with van der Waals surface area (Å²) in [5.41, 5.74) is 2.34. The number of para-hydroxylation sites is 1. The SMILES string of the molecule is CCOc1cc(C=C2C(=N)N3N=C(c4ccccc4Cl)SC3=NC2=O)cc(Cl)c1OCCOc1ccccc1C. The third-order valence-corrected chi connectivity index (χ3v) is 7.43. The Hall–Kier alpha value is -3.79. The number of fused-ring (bicyclic) bond motifs is 1. The Labute approximate surface area is 245 Å². The Balaban J connectivity index is 1.35. The summed E-state index contributed by atoms with van der Waals surface area (Å²) in [6.07, 6.45) is 1.54. The highest BCUT2D eigenvalue weighted by molar-refractivity contribution is 8.27. The summed E-state index contributed by atoms with van der Waals surface area (Å²) in [5, 5.41) is 16.2. The van der Waals surface area contributed by atoms with Gasteiger partial charge in [-0.15, -0.1) is 0 Å². The third kappa shape index (κ3) is 5.86. The number of aliphatic imine (C=N–C) groups is 1. The number of rotatable bonds is 9. The lowest BCUT2D eigenvalue weighted by Crippen LogP contribution is -2.35. The molecule has 0 aromatic heterocycles. The predicted octanol–water partition coefficient (Wildman–Crippen LogP) is 6.83. The van der Waals surface area contributed by atoms with Crippen LogP contribution in [0.15, 0.2) is 76.3 Å². The van der Waals surface area contributed by atoms with Crippen LogP contribution in [-0.2, 0) is 4.79 Å². The monoisotopic (exact) mass is 594 g/mol. The number of carbonyl (C=O) groups is 1. The van der Waals surface area contributed by atoms with Crippen LogP contribution in [0.25, 0.3) is 6.08 Å². The number of hydrogen-bond donors (Lipinski definition) is 1. The molecule has 8 nitrogen and oxygen atoms in total. The van der Waals surface area contributed by atoms with Crippen molar-refractivity contribution in [3.05, 3.63) is 93.0 Å². The largest absolute Gasteiger partial charge is 0.490 e. The average molecular weight is 596 g/mol. The number of thioether (sulfide) groups is 1. The zero-order chi connectivity index (χ0) is 28.2. The number of hydrazone groups is 1. The van der Waals surface area contributed by atoms with Crippen molar-refractivity contribution < 1.29 is 19.0 Å². The van der Waals surface area contributed by atoms with E-state index >= 15 is 0 Å². The van der Waals surface area contributed by atoms with E-state index in [1.165, 1.54) is 22.8 Å². The maximum Gasteiger partial charge on any atom is 0.283 e. The summed E-state index contributed by atoms with van der Waals surface area (Å²) in [4.78, 5) is 17.1. The van der Waals surface area contributed by atoms with Gasteiger partial charge in [0.05, 0.1) is 22.2 Å². The Morgan fingerprint density at radius 2 is 1.73 bits per heavy atom. The van der Waals surface area contributed by atoms with Gasteiger partial charge in [-0.05, 0) is 67.1 Å². The molecule has 0 atom stereocenters. The first-order valence-electron chi connectivity index (χ1n) is 12.4. The molecule has 0 radical (unpaired) electrons. The van der Waals surface area contributed by atoms with Crippen molar-refractivity contribution in [1.29, 1.82) is 5.41 Å². The van der Waals surface area contributed by atoms with Gasteiger partial charge in [-0.25, -0.2) is 0 Å². The molecule has 40 heavy (non-hydrogen) atoms. The van der Waals surface area contributed by atoms with Crippen LogP contribution >= 0.6 is 35.0 Å². The van der Waals surface area contributed by atoms with Gasteiger partial charge in [0.25, 0.3) is 5.91 Å². The molecule has 5 rings (SSSR count). The third-order valence-electron chi connectivity index (χ3n) is 5.88. The minimum atomic E-state index is -0.554. The van der Waals surface area contributed by atoms with Crippen LogP contribution in [0.2, 0.25) is 10.0 Å². The molecule has 204 valence electrons. The lowest BCUT2D eigenvalue weighted by Gasteiger charge is -2.20. The lowest BCUT2D eigenvalue weighted by atomic mass is 10.1. The molecule has 0 saturated carbocycles. The topological polar surface area (TPSA) is 96.6 Å². The van der Waals surface area contributed by atoms with Gasteiger partial charge in [-0.2, -0.15) is 15.1 Å². The molecular weight excluding hydrogens is 571 g/mol. The van der Waals surface area contributed by atoms with Crippen molar-refractivity contribution in [2.75, 3.05) is 19.8 Å². The van der Waals surface area contributed by atoms with Gasteiger partial charge in [0.15, 0.2) is 17.3 Å². The first-order chi connectivity index (χ1) is 19.4. The molecule has 0 saturated heterocycles. The highest BCUT2D eigenvalue weighted by Crippen LogP contribution is 2.38. The summed E-state index contributed by atoms with van der Waals surface area (Å²) >= 11 is 14.1. The van der Waals surface area contributed by atoms with E-state index in [2.05, 4.69) is 10.1 Å². The summed E-state index contributed by atoms with van der Waals surface area (Å²) in [7, 11) is 0. The molecule has 11 heteroatoms. The van der Waals surface area contributed by atoms with Crippen molar-refractivity contribution in [3.63, 3.8) is 0 Å². The molecule has 0 fully saturated rings. The summed E-state index contributed by atoms with van der Waals surface area (Å²) in [5.74, 6) is 0.908. The molecule has 1 amide bonds. The van der Waals surface area contributed by atoms with E-state index in [1.54, 1.807) is 18.2 Å². The Morgan fingerprint density at radius 1 is 0.975 bits per heavy atom. The number of nitrogens with zero attached hydrogens (tertiary/aromatic N) is 3. The zero-order valence-corrected chi connectivity index (χ0v) is 23.9. The van der Waals surface area contributed by atoms with Gasteiger partial charge < -0.3 is 14.2 Å². The van der Waals surface area contributed by atoms with Crippen LogP contribution in [0.1, 0.15) is 23.6 Å². The smallest absolute Gasteiger partial charge is 0.283 e. The maximum atomic E-state index is 12.9. The second-order valence-electron chi connectivity index (χ2n) is 8.63. The van der Waals surface area contributed by atoms with Gasteiger partial charge in [0.1, 0.15) is 24.0 Å². The fourth-order valence-electron chi connectivity index (χ4n) is 3.99. The van der Waals surface area contributed by atoms with Gasteiger partial charge in [0, 0.05) is 5.56 Å². The van der Waals surface area contributed by atoms with Gasteiger partial charge in [-0.3, -0.25) is 10.2 Å². The summed E-state index contributed by atoms with van der Waals surface area (Å²) in [6.45, 7) is 4.76. The molecule has 0 bridgehead atoms. The molecule has 2 aliphatic heterocycles. The number of amides is 1. The minimum Gasteiger partial charge on any atom is -0.490 e. The Kier molecular flexibility index (Phi) is 8.44. The first kappa shape index (κ1) is 27.8. The highest BCUT2D eigenvalue weighted by Gasteiger charge is 2.36. The molecule has 1 N–H and O–H groups in total. The zero-order valence-electron chi connectivity index (χ0n) is 21.6. The number of amidine groups is 2. The van der Waals surface area contributed by atoms with Crippen molar-refractivity contribution in [1.82, 2.24) is 5.01 Å². The maximum absolute atomic E-state index is 12.9. The van der Waals surface area contributed by atoms with E-state index in [4.69, 9.17) is 42.8 Å². The van der Waals surface area contributed by atoms with Crippen molar-refractivity contribution in [2.24, 2.45) is 10.1 Å². The number of benzene rings is 3. The predicted molar refractivity (Wildman–Crippen MR) is 160 cm³/mol. The number of carbonyl (C=O) groups excluding carboxylic acids is 1. The quantitative estimate of drug-likeness (QED) is 0.215. The van der Waals surface area contributed by atoms with Gasteiger partial charge >= 0.3 is 0 Å². The summed E-state index contributed by atoms with van der Waals surface area (Å²) < 4.78 is 17.5. The first-order valence-corrected chi connectivity index (χ1v) is 14.0. The average Bonchev–Trinajstić information content (AvgIpc) is 3.35. The van der Waals surface area contributed by atoms with Crippen molar-refractivity contribution >= 4 is 63.0 Å². The van der Waals surface area contributed by atoms with E-state index in [0.717, 1.165) is 11.3 Å². The Morgan fingerprint density at radius 3 is 2.50 bits per heavy atom. The molecule has 0 spiro atoms. The number of hydrogen-bond acceptors (Lipinski definition) is 7. The fourth-order valence-corrected chi connectivity index (χ4v) is 5.48. The van der Waals surface area contributed by atoms with Gasteiger partial charge in [0.2, 0.25) is 5.17 Å². The van der Waals surface area contributed by atoms with Crippen LogP contribution in [0.3, 0.4) is 0 Å². The van der Waals surface area contributed by atoms with E-state index in [1.807, 2.05) is 56.3 Å². The van der Waals surface area contributed by atoms with Crippen LogP contribution in [0.5, 0.6) is 17.2 Å². The van der Waals surface area contributed by atoms with Crippen LogP contribution < -0.4 is 14.2 Å². The van der Waals surface area contributed by atoms with E-state index in [0.29, 0.717) is 56.1 Å². The number of halogens is 2. The molecule has 3 aromatic carbocycles. The standard InChI is InChI=1S/C29H24Cl2N4O4S/c1-3-37-24-16-18(15-22(31)25(24)39-13-12-38-23-11-7-4-8-17(23)2)14-20-26(32)35-29(33-27(20)36)40-28(34-35)19-9-5-6-10-21(19)30/h4-11,14-16,32H,3,12-13H2,1-2H3. The molecule has 0 unspecified atom stereocenters. The molecule has 2 aliphatic rings. The molecular formula is C29H24Cl2N4O4S. The second kappa shape index (κ2) is 12.2. The van der Waals surface area contributed by atoms with Gasteiger partial charge in [-0.1, -0.05) is 59.6 Å². The lowest BCUT2D eigenvalue weighted by molar-refractivity contribution is -0.114. The fraction of sp³-hybridized carbons (Fsp3) is 0.172. The molecule has 3 aromatic rings. The van der Waals surface area contributed by atoms with Crippen LogP contribution in [0.4, 0.5) is 0 Å². The van der Waals surface area contributed by atoms with Crippen molar-refractivity contribution in [2.45, 2.75) is 13.8 Å². The minimum absolute atomic E-state index is 0.0623. The van der Waals surface area contributed by atoms with E-state index in [9.17, 15) is 4.79 Å². The Bertz CT molecular complexity index is 1590. The van der Waals surface area contributed by atoms with E-state index in [-0.39, 0.29) is 18.0 Å². The number of ether oxygens (including phenoxy) is 3. The van der Waals surface area contributed by atoms with Crippen molar-refractivity contribution in [3.8, 4) is 17.2 Å². The number of aryl methyl sites for hydroxylation is 1. The van der Waals surface area contributed by atoms with E-state index < -0.39 is 5.91 Å². The second-order valence-corrected chi connectivity index (χ2v) is 10.4. The molecule has 2 heterocycles. The number of nitrogens with one attached hydrogen (secondary N) is 1. The summed E-state index contributed by atoms with van der Waals surface area (Å²) in [6, 6.07) is 18.3. The normalized spacial score (nSPS) is 15.6. The van der Waals surface area contributed by atoms with Crippen LogP contribution in [-0.4, -0.2) is 46.8 Å². The molecule has 0 aliphatic carbocycles. The highest BCUT2D eigenvalue weighted by atomic mass is 35.5.